The second-order valence-electron chi connectivity index (χ2n) is 3.41. The highest BCUT2D eigenvalue weighted by Gasteiger charge is 2.23. The lowest BCUT2D eigenvalue weighted by molar-refractivity contribution is 0.752. The van der Waals surface area contributed by atoms with Gasteiger partial charge in [0.05, 0.1) is 10.7 Å². The monoisotopic (exact) mass is 237 g/mol. The maximum Gasteiger partial charge on any atom is 0.220 e. The van der Waals surface area contributed by atoms with Crippen molar-refractivity contribution in [2.24, 2.45) is 21.5 Å². The zero-order valence-electron chi connectivity index (χ0n) is 8.76. The van der Waals surface area contributed by atoms with E-state index in [2.05, 4.69) is 9.98 Å². The number of halogens is 1. The molecule has 0 saturated carbocycles. The largest absolute Gasteiger partial charge is 0.369 e. The minimum Gasteiger partial charge on any atom is -0.369 e. The molecular formula is C10H12ClN5. The number of hydrogen-bond donors (Lipinski definition) is 2. The van der Waals surface area contributed by atoms with Crippen LogP contribution in [0.1, 0.15) is 6.92 Å². The Labute approximate surface area is 98.4 Å². The summed E-state index contributed by atoms with van der Waals surface area (Å²) in [5.74, 6) is 0.487. The van der Waals surface area contributed by atoms with Gasteiger partial charge in [0, 0.05) is 0 Å². The first-order valence-corrected chi connectivity index (χ1v) is 5.18. The summed E-state index contributed by atoms with van der Waals surface area (Å²) < 4.78 is 0. The van der Waals surface area contributed by atoms with E-state index in [9.17, 15) is 0 Å². The van der Waals surface area contributed by atoms with Crippen molar-refractivity contribution < 1.29 is 0 Å². The van der Waals surface area contributed by atoms with Crippen LogP contribution in [-0.4, -0.2) is 18.1 Å². The number of rotatable bonds is 1. The SMILES string of the molecule is CC1N=C(N)N=C(N)N1c1ccccc1Cl. The standard InChI is InChI=1S/C10H12ClN5/c1-6-14-9(12)15-10(13)16(6)8-5-3-2-4-7(8)11/h2-6H,1H3,(H4,12,13,14,15). The van der Waals surface area contributed by atoms with Gasteiger partial charge in [0.1, 0.15) is 6.17 Å². The van der Waals surface area contributed by atoms with Crippen LogP contribution in [0.15, 0.2) is 34.3 Å². The molecule has 6 heteroatoms. The number of nitrogens with zero attached hydrogens (tertiary/aromatic N) is 3. The molecule has 1 atom stereocenters. The fourth-order valence-corrected chi connectivity index (χ4v) is 1.84. The van der Waals surface area contributed by atoms with Crippen molar-refractivity contribution in [1.29, 1.82) is 0 Å². The third-order valence-corrected chi connectivity index (χ3v) is 2.60. The molecule has 16 heavy (non-hydrogen) atoms. The molecule has 1 aromatic carbocycles. The maximum atomic E-state index is 6.09. The molecule has 2 rings (SSSR count). The Morgan fingerprint density at radius 2 is 2.00 bits per heavy atom. The summed E-state index contributed by atoms with van der Waals surface area (Å²) in [7, 11) is 0. The number of guanidine groups is 2. The number of anilines is 1. The van der Waals surface area contributed by atoms with Crippen LogP contribution in [0.2, 0.25) is 5.02 Å². The molecule has 4 N–H and O–H groups in total. The van der Waals surface area contributed by atoms with Gasteiger partial charge in [-0.05, 0) is 19.1 Å². The van der Waals surface area contributed by atoms with E-state index in [4.69, 9.17) is 23.1 Å². The Morgan fingerprint density at radius 1 is 1.31 bits per heavy atom. The summed E-state index contributed by atoms with van der Waals surface area (Å²) in [6, 6.07) is 7.38. The van der Waals surface area contributed by atoms with Crippen molar-refractivity contribution in [2.45, 2.75) is 13.1 Å². The van der Waals surface area contributed by atoms with E-state index in [1.54, 1.807) is 11.0 Å². The van der Waals surface area contributed by atoms with Crippen molar-refractivity contribution in [3.8, 4) is 0 Å². The second-order valence-corrected chi connectivity index (χ2v) is 3.82. The maximum absolute atomic E-state index is 6.09. The minimum absolute atomic E-state index is 0.188. The van der Waals surface area contributed by atoms with E-state index in [-0.39, 0.29) is 12.1 Å². The Balaban J connectivity index is 2.43. The highest BCUT2D eigenvalue weighted by molar-refractivity contribution is 6.34. The lowest BCUT2D eigenvalue weighted by Gasteiger charge is -2.30. The van der Waals surface area contributed by atoms with Gasteiger partial charge >= 0.3 is 0 Å². The molecule has 0 fully saturated rings. The van der Waals surface area contributed by atoms with Crippen molar-refractivity contribution in [1.82, 2.24) is 0 Å². The van der Waals surface area contributed by atoms with Gasteiger partial charge in [-0.2, -0.15) is 4.99 Å². The average molecular weight is 238 g/mol. The second kappa shape index (κ2) is 4.02. The van der Waals surface area contributed by atoms with Gasteiger partial charge in [-0.1, -0.05) is 23.7 Å². The molecule has 1 heterocycles. The van der Waals surface area contributed by atoms with Crippen LogP contribution in [-0.2, 0) is 0 Å². The van der Waals surface area contributed by atoms with Crippen LogP contribution in [0.5, 0.6) is 0 Å². The Morgan fingerprint density at radius 3 is 2.62 bits per heavy atom. The van der Waals surface area contributed by atoms with Crippen LogP contribution in [0.25, 0.3) is 0 Å². The zero-order valence-corrected chi connectivity index (χ0v) is 9.52. The summed E-state index contributed by atoms with van der Waals surface area (Å²) in [5, 5.41) is 0.600. The van der Waals surface area contributed by atoms with Crippen LogP contribution < -0.4 is 16.4 Å². The number of nitrogens with two attached hydrogens (primary N) is 2. The van der Waals surface area contributed by atoms with Crippen molar-refractivity contribution in [3.63, 3.8) is 0 Å². The van der Waals surface area contributed by atoms with E-state index >= 15 is 0 Å². The third kappa shape index (κ3) is 1.81. The van der Waals surface area contributed by atoms with E-state index in [0.29, 0.717) is 11.0 Å². The topological polar surface area (TPSA) is 80.0 Å². The van der Waals surface area contributed by atoms with Gasteiger partial charge < -0.3 is 11.5 Å². The quantitative estimate of drug-likeness (QED) is 0.769. The summed E-state index contributed by atoms with van der Waals surface area (Å²) in [4.78, 5) is 9.78. The summed E-state index contributed by atoms with van der Waals surface area (Å²) >= 11 is 6.09. The third-order valence-electron chi connectivity index (χ3n) is 2.28. The van der Waals surface area contributed by atoms with Gasteiger partial charge in [0.25, 0.3) is 0 Å². The first-order chi connectivity index (χ1) is 7.59. The molecule has 0 spiro atoms. The van der Waals surface area contributed by atoms with Crippen molar-refractivity contribution in [3.05, 3.63) is 29.3 Å². The molecule has 0 radical (unpaired) electrons. The Hall–Kier alpha value is -1.75. The van der Waals surface area contributed by atoms with Gasteiger partial charge in [-0.25, -0.2) is 4.99 Å². The Kier molecular flexibility index (Phi) is 2.70. The predicted molar refractivity (Wildman–Crippen MR) is 66.6 cm³/mol. The summed E-state index contributed by atoms with van der Waals surface area (Å²) in [5.41, 5.74) is 12.1. The highest BCUT2D eigenvalue weighted by atomic mass is 35.5. The Bertz CT molecular complexity index is 468. The molecule has 0 aromatic heterocycles. The van der Waals surface area contributed by atoms with Crippen LogP contribution in [0.3, 0.4) is 0 Å². The average Bonchev–Trinajstić information content (AvgIpc) is 2.19. The van der Waals surface area contributed by atoms with E-state index in [1.807, 2.05) is 25.1 Å². The normalized spacial score (nSPS) is 20.4. The minimum atomic E-state index is -0.211. The number of para-hydroxylation sites is 1. The fourth-order valence-electron chi connectivity index (χ4n) is 1.61. The van der Waals surface area contributed by atoms with Gasteiger partial charge in [0.15, 0.2) is 0 Å². The molecular weight excluding hydrogens is 226 g/mol. The van der Waals surface area contributed by atoms with E-state index < -0.39 is 0 Å². The van der Waals surface area contributed by atoms with Gasteiger partial charge in [0.2, 0.25) is 11.9 Å². The number of aliphatic imine (C=N–C) groups is 2. The molecule has 0 aliphatic carbocycles. The smallest absolute Gasteiger partial charge is 0.220 e. The van der Waals surface area contributed by atoms with Gasteiger partial charge in [-0.3, -0.25) is 4.90 Å². The van der Waals surface area contributed by atoms with Crippen molar-refractivity contribution in [2.75, 3.05) is 4.90 Å². The molecule has 0 bridgehead atoms. The fraction of sp³-hybridized carbons (Fsp3) is 0.200. The molecule has 1 aliphatic heterocycles. The molecule has 1 aliphatic rings. The predicted octanol–water partition coefficient (Wildman–Crippen LogP) is 1.14. The molecule has 1 aromatic rings. The van der Waals surface area contributed by atoms with Gasteiger partial charge in [-0.15, -0.1) is 0 Å². The molecule has 84 valence electrons. The molecule has 5 nitrogen and oxygen atoms in total. The first kappa shape index (κ1) is 10.8. The number of benzene rings is 1. The summed E-state index contributed by atoms with van der Waals surface area (Å²) in [6.07, 6.45) is -0.211. The van der Waals surface area contributed by atoms with E-state index in [1.165, 1.54) is 0 Å². The van der Waals surface area contributed by atoms with Crippen LogP contribution in [0.4, 0.5) is 5.69 Å². The van der Waals surface area contributed by atoms with Crippen LogP contribution in [0, 0.1) is 0 Å². The lowest BCUT2D eigenvalue weighted by atomic mass is 10.2. The molecule has 1 unspecified atom stereocenters. The lowest BCUT2D eigenvalue weighted by Crippen LogP contribution is -2.47. The zero-order chi connectivity index (χ0) is 11.7. The number of hydrogen-bond acceptors (Lipinski definition) is 5. The summed E-state index contributed by atoms with van der Waals surface area (Å²) in [6.45, 7) is 1.87. The van der Waals surface area contributed by atoms with E-state index in [0.717, 1.165) is 5.69 Å². The molecule has 0 amide bonds. The highest BCUT2D eigenvalue weighted by Crippen LogP contribution is 2.27. The molecule has 0 saturated heterocycles. The van der Waals surface area contributed by atoms with Crippen molar-refractivity contribution >= 4 is 29.2 Å². The van der Waals surface area contributed by atoms with Crippen LogP contribution >= 0.6 is 11.6 Å². The first-order valence-electron chi connectivity index (χ1n) is 4.81.